The highest BCUT2D eigenvalue weighted by Crippen LogP contribution is 2.38. The van der Waals surface area contributed by atoms with Gasteiger partial charge in [-0.25, -0.2) is 0 Å². The largest absolute Gasteiger partial charge is 0.497 e. The quantitative estimate of drug-likeness (QED) is 0.308. The summed E-state index contributed by atoms with van der Waals surface area (Å²) in [7, 11) is 1.72. The van der Waals surface area contributed by atoms with Gasteiger partial charge in [-0.15, -0.1) is 0 Å². The number of anilines is 2. The molecule has 0 aromatic heterocycles. The lowest BCUT2D eigenvalue weighted by atomic mass is 9.81. The number of ether oxygens (including phenoxy) is 1. The highest BCUT2D eigenvalue weighted by molar-refractivity contribution is 5.58. The van der Waals surface area contributed by atoms with E-state index in [9.17, 15) is 0 Å². The highest BCUT2D eigenvalue weighted by Gasteiger charge is 2.22. The lowest BCUT2D eigenvalue weighted by molar-refractivity contribution is 0.414. The predicted octanol–water partition coefficient (Wildman–Crippen LogP) is 7.18. The molecule has 3 aromatic carbocycles. The van der Waals surface area contributed by atoms with Crippen LogP contribution in [0, 0.1) is 13.8 Å². The van der Waals surface area contributed by atoms with Crippen molar-refractivity contribution in [2.24, 2.45) is 0 Å². The van der Waals surface area contributed by atoms with Gasteiger partial charge in [-0.05, 0) is 106 Å². The second kappa shape index (κ2) is 11.3. The zero-order chi connectivity index (χ0) is 24.0. The maximum atomic E-state index is 5.43. The number of benzene rings is 3. The van der Waals surface area contributed by atoms with Crippen molar-refractivity contribution < 1.29 is 4.74 Å². The molecule has 0 heterocycles. The molecule has 0 bridgehead atoms. The Balaban J connectivity index is 2.13. The van der Waals surface area contributed by atoms with E-state index in [2.05, 4.69) is 112 Å². The Labute approximate surface area is 201 Å². The molecular formula is C30H40N2O. The molecule has 0 saturated carbocycles. The van der Waals surface area contributed by atoms with Crippen LogP contribution in [0.2, 0.25) is 0 Å². The summed E-state index contributed by atoms with van der Waals surface area (Å²) in [6, 6.07) is 22.5. The first-order valence-electron chi connectivity index (χ1n) is 12.3. The van der Waals surface area contributed by atoms with Gasteiger partial charge in [0.1, 0.15) is 5.75 Å². The van der Waals surface area contributed by atoms with E-state index in [1.54, 1.807) is 7.11 Å². The number of methoxy groups -OCH3 is 1. The van der Waals surface area contributed by atoms with E-state index in [1.807, 2.05) is 0 Å². The minimum Gasteiger partial charge on any atom is -0.497 e. The maximum absolute atomic E-state index is 5.43. The van der Waals surface area contributed by atoms with Gasteiger partial charge >= 0.3 is 0 Å². The summed E-state index contributed by atoms with van der Waals surface area (Å²) in [5, 5.41) is 0. The minimum absolute atomic E-state index is 0.174. The lowest BCUT2D eigenvalue weighted by Crippen LogP contribution is -2.22. The van der Waals surface area contributed by atoms with Gasteiger partial charge < -0.3 is 14.5 Å². The van der Waals surface area contributed by atoms with Crippen LogP contribution in [0.3, 0.4) is 0 Å². The first kappa shape index (κ1) is 24.7. The van der Waals surface area contributed by atoms with E-state index in [0.717, 1.165) is 31.9 Å². The highest BCUT2D eigenvalue weighted by atomic mass is 16.5. The molecule has 0 amide bonds. The zero-order valence-corrected chi connectivity index (χ0v) is 21.5. The van der Waals surface area contributed by atoms with Gasteiger partial charge in [0.05, 0.1) is 7.11 Å². The molecule has 0 saturated heterocycles. The molecule has 33 heavy (non-hydrogen) atoms. The third-order valence-corrected chi connectivity index (χ3v) is 6.84. The number of aryl methyl sites for hydroxylation is 2. The van der Waals surface area contributed by atoms with Crippen molar-refractivity contribution in [3.8, 4) is 5.75 Å². The van der Waals surface area contributed by atoms with Crippen molar-refractivity contribution >= 4 is 11.4 Å². The summed E-state index contributed by atoms with van der Waals surface area (Å²) in [6.45, 7) is 17.4. The molecule has 0 unspecified atom stereocenters. The van der Waals surface area contributed by atoms with Crippen molar-refractivity contribution in [1.29, 1.82) is 0 Å². The van der Waals surface area contributed by atoms with Gasteiger partial charge in [0, 0.05) is 43.5 Å². The van der Waals surface area contributed by atoms with Gasteiger partial charge in [-0.2, -0.15) is 0 Å². The van der Waals surface area contributed by atoms with Crippen molar-refractivity contribution in [2.75, 3.05) is 43.1 Å². The normalized spacial score (nSPS) is 11.0. The maximum Gasteiger partial charge on any atom is 0.118 e. The van der Waals surface area contributed by atoms with Gasteiger partial charge in [0.15, 0.2) is 0 Å². The average molecular weight is 445 g/mol. The zero-order valence-electron chi connectivity index (χ0n) is 21.5. The molecule has 0 atom stereocenters. The molecule has 0 radical (unpaired) electrons. The van der Waals surface area contributed by atoms with Crippen LogP contribution >= 0.6 is 0 Å². The number of hydrogen-bond donors (Lipinski definition) is 0. The molecule has 3 aromatic rings. The third kappa shape index (κ3) is 5.35. The third-order valence-electron chi connectivity index (χ3n) is 6.84. The summed E-state index contributed by atoms with van der Waals surface area (Å²) in [4.78, 5) is 4.81. The standard InChI is InChI=1S/C30H40N2O/c1-8-31(9-2)25-14-18-28(22(5)20-25)30(24-12-16-27(33-7)17-13-24)29-19-15-26(21-23(29)6)32(10-3)11-4/h12-21,30H,8-11H2,1-7H3. The van der Waals surface area contributed by atoms with Gasteiger partial charge in [0.2, 0.25) is 0 Å². The number of hydrogen-bond acceptors (Lipinski definition) is 3. The number of nitrogens with zero attached hydrogens (tertiary/aromatic N) is 2. The van der Waals surface area contributed by atoms with Gasteiger partial charge in [-0.1, -0.05) is 24.3 Å². The Kier molecular flexibility index (Phi) is 8.43. The Hall–Kier alpha value is -2.94. The molecule has 0 aliphatic carbocycles. The van der Waals surface area contributed by atoms with Crippen LogP contribution in [0.25, 0.3) is 0 Å². The van der Waals surface area contributed by atoms with Crippen molar-refractivity contribution in [1.82, 2.24) is 0 Å². The molecule has 3 rings (SSSR count). The van der Waals surface area contributed by atoms with E-state index in [-0.39, 0.29) is 5.92 Å². The molecule has 0 aliphatic heterocycles. The minimum atomic E-state index is 0.174. The van der Waals surface area contributed by atoms with Crippen LogP contribution in [-0.2, 0) is 0 Å². The van der Waals surface area contributed by atoms with E-state index < -0.39 is 0 Å². The lowest BCUT2D eigenvalue weighted by Gasteiger charge is -2.27. The summed E-state index contributed by atoms with van der Waals surface area (Å²) in [5.74, 6) is 1.06. The molecule has 0 aliphatic rings. The smallest absolute Gasteiger partial charge is 0.118 e. The fraction of sp³-hybridized carbons (Fsp3) is 0.400. The van der Waals surface area contributed by atoms with E-state index in [4.69, 9.17) is 4.74 Å². The molecule has 0 spiro atoms. The predicted molar refractivity (Wildman–Crippen MR) is 143 cm³/mol. The second-order valence-corrected chi connectivity index (χ2v) is 8.63. The summed E-state index contributed by atoms with van der Waals surface area (Å²) in [5.41, 5.74) is 9.24. The van der Waals surface area contributed by atoms with Crippen LogP contribution in [0.1, 0.15) is 61.4 Å². The SMILES string of the molecule is CCN(CC)c1ccc(C(c2ccc(OC)cc2)c2ccc(N(CC)CC)cc2C)c(C)c1. The van der Waals surface area contributed by atoms with E-state index in [1.165, 1.54) is 39.2 Å². The molecule has 0 fully saturated rings. The van der Waals surface area contributed by atoms with Crippen LogP contribution in [0.15, 0.2) is 60.7 Å². The monoisotopic (exact) mass is 444 g/mol. The molecule has 0 N–H and O–H groups in total. The fourth-order valence-corrected chi connectivity index (χ4v) is 4.86. The Bertz CT molecular complexity index is 972. The molecule has 3 heteroatoms. The molecular weight excluding hydrogens is 404 g/mol. The summed E-state index contributed by atoms with van der Waals surface area (Å²) < 4.78 is 5.43. The number of rotatable bonds is 10. The van der Waals surface area contributed by atoms with Crippen molar-refractivity contribution in [3.63, 3.8) is 0 Å². The van der Waals surface area contributed by atoms with E-state index in [0.29, 0.717) is 0 Å². The summed E-state index contributed by atoms with van der Waals surface area (Å²) >= 11 is 0. The fourth-order valence-electron chi connectivity index (χ4n) is 4.86. The second-order valence-electron chi connectivity index (χ2n) is 8.63. The first-order valence-corrected chi connectivity index (χ1v) is 12.3. The van der Waals surface area contributed by atoms with Crippen LogP contribution in [0.4, 0.5) is 11.4 Å². The average Bonchev–Trinajstić information content (AvgIpc) is 2.83. The van der Waals surface area contributed by atoms with Crippen LogP contribution < -0.4 is 14.5 Å². The Morgan fingerprint density at radius 2 is 1.06 bits per heavy atom. The molecule has 3 nitrogen and oxygen atoms in total. The van der Waals surface area contributed by atoms with Gasteiger partial charge in [-0.3, -0.25) is 0 Å². The van der Waals surface area contributed by atoms with Crippen LogP contribution in [0.5, 0.6) is 5.75 Å². The van der Waals surface area contributed by atoms with Crippen LogP contribution in [-0.4, -0.2) is 33.3 Å². The van der Waals surface area contributed by atoms with Gasteiger partial charge in [0.25, 0.3) is 0 Å². The molecule has 176 valence electrons. The van der Waals surface area contributed by atoms with Crippen molar-refractivity contribution in [2.45, 2.75) is 47.5 Å². The Morgan fingerprint density at radius 3 is 1.39 bits per heavy atom. The first-order chi connectivity index (χ1) is 16.0. The Morgan fingerprint density at radius 1 is 0.636 bits per heavy atom. The van der Waals surface area contributed by atoms with E-state index >= 15 is 0 Å². The topological polar surface area (TPSA) is 15.7 Å². The van der Waals surface area contributed by atoms with Crippen molar-refractivity contribution in [3.05, 3.63) is 88.5 Å². The summed E-state index contributed by atoms with van der Waals surface area (Å²) in [6.07, 6.45) is 0.